The van der Waals surface area contributed by atoms with Gasteiger partial charge in [-0.15, -0.1) is 12.6 Å². The zero-order valence-corrected chi connectivity index (χ0v) is 14.4. The lowest BCUT2D eigenvalue weighted by molar-refractivity contribution is 0.449. The Hall–Kier alpha value is -0.520. The van der Waals surface area contributed by atoms with Crippen LogP contribution in [0.15, 0.2) is 30.3 Å². The van der Waals surface area contributed by atoms with Crippen LogP contribution in [0, 0.1) is 0 Å². The minimum absolute atomic E-state index is 0.326. The van der Waals surface area contributed by atoms with Crippen molar-refractivity contribution >= 4 is 22.7 Å². The Kier molecular flexibility index (Phi) is 7.77. The van der Waals surface area contributed by atoms with Gasteiger partial charge in [0.25, 0.3) is 10.1 Å². The smallest absolute Gasteiger partial charge is 0.284 e. The number of rotatable bonds is 10. The monoisotopic (exact) mass is 330 g/mol. The highest BCUT2D eigenvalue weighted by molar-refractivity contribution is 8.02. The lowest BCUT2D eigenvalue weighted by Crippen LogP contribution is -2.29. The summed E-state index contributed by atoms with van der Waals surface area (Å²) in [4.78, 5) is 0. The molecule has 1 N–H and O–H groups in total. The van der Waals surface area contributed by atoms with Gasteiger partial charge >= 0.3 is 0 Å². The first-order chi connectivity index (χ1) is 9.92. The SMILES string of the molecule is CCCCCCCCCC(S)(c1ccccc1)S(=O)(=O)O. The van der Waals surface area contributed by atoms with Crippen LogP contribution in [0.1, 0.15) is 63.9 Å². The van der Waals surface area contributed by atoms with Crippen LogP contribution in [0.2, 0.25) is 0 Å². The number of benzene rings is 1. The van der Waals surface area contributed by atoms with Crippen LogP contribution in [0.25, 0.3) is 0 Å². The molecular formula is C16H26O3S2. The van der Waals surface area contributed by atoms with Gasteiger partial charge in [0, 0.05) is 0 Å². The molecule has 1 atom stereocenters. The van der Waals surface area contributed by atoms with E-state index in [2.05, 4.69) is 19.6 Å². The normalized spacial score (nSPS) is 14.8. The second-order valence-electron chi connectivity index (χ2n) is 5.50. The average molecular weight is 331 g/mol. The summed E-state index contributed by atoms with van der Waals surface area (Å²) in [7, 11) is -4.25. The predicted molar refractivity (Wildman–Crippen MR) is 91.3 cm³/mol. The maximum atomic E-state index is 11.7. The fraction of sp³-hybridized carbons (Fsp3) is 0.625. The average Bonchev–Trinajstić information content (AvgIpc) is 2.46. The molecule has 21 heavy (non-hydrogen) atoms. The number of thiol groups is 1. The number of hydrogen-bond donors (Lipinski definition) is 2. The van der Waals surface area contributed by atoms with Crippen LogP contribution < -0.4 is 0 Å². The highest BCUT2D eigenvalue weighted by Crippen LogP contribution is 2.39. The van der Waals surface area contributed by atoms with Gasteiger partial charge in [0.2, 0.25) is 0 Å². The second kappa shape index (κ2) is 8.81. The Morgan fingerprint density at radius 2 is 1.52 bits per heavy atom. The van der Waals surface area contributed by atoms with Gasteiger partial charge in [0.1, 0.15) is 0 Å². The molecule has 0 saturated carbocycles. The summed E-state index contributed by atoms with van der Waals surface area (Å²) in [5.41, 5.74) is 0.529. The molecule has 0 aliphatic heterocycles. The maximum Gasteiger partial charge on any atom is 0.284 e. The van der Waals surface area contributed by atoms with E-state index in [1.54, 1.807) is 24.3 Å². The molecule has 1 rings (SSSR count). The summed E-state index contributed by atoms with van der Waals surface area (Å²) >= 11 is 4.31. The Labute approximate surface area is 134 Å². The second-order valence-corrected chi connectivity index (χ2v) is 8.21. The van der Waals surface area contributed by atoms with Gasteiger partial charge in [0.05, 0.1) is 0 Å². The van der Waals surface area contributed by atoms with Crippen molar-refractivity contribution in [1.82, 2.24) is 0 Å². The van der Waals surface area contributed by atoms with Crippen LogP contribution >= 0.6 is 12.6 Å². The van der Waals surface area contributed by atoms with Gasteiger partial charge < -0.3 is 0 Å². The summed E-state index contributed by atoms with van der Waals surface area (Å²) in [5.74, 6) is 0. The molecule has 0 saturated heterocycles. The highest BCUT2D eigenvalue weighted by Gasteiger charge is 2.40. The molecule has 0 amide bonds. The van der Waals surface area contributed by atoms with Gasteiger partial charge in [-0.25, -0.2) is 0 Å². The molecule has 1 unspecified atom stereocenters. The molecule has 0 aliphatic carbocycles. The third-order valence-electron chi connectivity index (χ3n) is 3.77. The maximum absolute atomic E-state index is 11.7. The molecule has 120 valence electrons. The van der Waals surface area contributed by atoms with Crippen molar-refractivity contribution in [1.29, 1.82) is 0 Å². The van der Waals surface area contributed by atoms with E-state index in [1.165, 1.54) is 25.7 Å². The first kappa shape index (κ1) is 18.5. The van der Waals surface area contributed by atoms with Gasteiger partial charge in [0.15, 0.2) is 4.08 Å². The molecule has 0 aromatic heterocycles. The van der Waals surface area contributed by atoms with E-state index >= 15 is 0 Å². The molecular weight excluding hydrogens is 304 g/mol. The van der Waals surface area contributed by atoms with Gasteiger partial charge in [-0.1, -0.05) is 82.2 Å². The van der Waals surface area contributed by atoms with E-state index in [1.807, 2.05) is 6.07 Å². The Morgan fingerprint density at radius 3 is 2.05 bits per heavy atom. The molecule has 3 nitrogen and oxygen atoms in total. The Balaban J connectivity index is 2.57. The van der Waals surface area contributed by atoms with Crippen molar-refractivity contribution < 1.29 is 13.0 Å². The topological polar surface area (TPSA) is 54.4 Å². The summed E-state index contributed by atoms with van der Waals surface area (Å²) < 4.78 is 31.5. The zero-order chi connectivity index (χ0) is 15.8. The van der Waals surface area contributed by atoms with E-state index in [0.717, 1.165) is 19.3 Å². The third-order valence-corrected chi connectivity index (χ3v) is 6.24. The molecule has 0 radical (unpaired) electrons. The predicted octanol–water partition coefficient (Wildman–Crippen LogP) is 4.80. The highest BCUT2D eigenvalue weighted by atomic mass is 32.3. The van der Waals surface area contributed by atoms with E-state index in [0.29, 0.717) is 12.0 Å². The first-order valence-corrected chi connectivity index (χ1v) is 9.55. The molecule has 1 aromatic carbocycles. The largest absolute Gasteiger partial charge is 0.284 e. The van der Waals surface area contributed by atoms with Crippen LogP contribution in [-0.4, -0.2) is 13.0 Å². The van der Waals surface area contributed by atoms with E-state index < -0.39 is 14.2 Å². The minimum Gasteiger partial charge on any atom is -0.284 e. The van der Waals surface area contributed by atoms with Crippen molar-refractivity contribution in [2.45, 2.75) is 62.4 Å². The Morgan fingerprint density at radius 1 is 1.00 bits per heavy atom. The molecule has 0 heterocycles. The van der Waals surface area contributed by atoms with Gasteiger partial charge in [-0.05, 0) is 12.0 Å². The number of hydrogen-bond acceptors (Lipinski definition) is 3. The quantitative estimate of drug-likeness (QED) is 0.368. The van der Waals surface area contributed by atoms with Crippen molar-refractivity contribution in [3.8, 4) is 0 Å². The zero-order valence-electron chi connectivity index (χ0n) is 12.7. The van der Waals surface area contributed by atoms with Crippen molar-refractivity contribution in [2.75, 3.05) is 0 Å². The van der Waals surface area contributed by atoms with Gasteiger partial charge in [-0.3, -0.25) is 4.55 Å². The number of unbranched alkanes of at least 4 members (excludes halogenated alkanes) is 6. The van der Waals surface area contributed by atoms with Crippen LogP contribution in [0.5, 0.6) is 0 Å². The summed E-state index contributed by atoms with van der Waals surface area (Å²) in [6, 6.07) is 8.73. The van der Waals surface area contributed by atoms with E-state index in [9.17, 15) is 13.0 Å². The Bertz CT molecular complexity index is 500. The third kappa shape index (κ3) is 5.64. The fourth-order valence-corrected chi connectivity index (χ4v) is 3.59. The lowest BCUT2D eigenvalue weighted by Gasteiger charge is -2.25. The molecule has 5 heteroatoms. The summed E-state index contributed by atoms with van der Waals surface area (Å²) in [6.07, 6.45) is 8.03. The minimum atomic E-state index is -4.25. The summed E-state index contributed by atoms with van der Waals surface area (Å²) in [6.45, 7) is 2.18. The van der Waals surface area contributed by atoms with E-state index in [-0.39, 0.29) is 0 Å². The van der Waals surface area contributed by atoms with Crippen LogP contribution in [-0.2, 0) is 14.2 Å². The van der Waals surface area contributed by atoms with Crippen molar-refractivity contribution in [2.24, 2.45) is 0 Å². The van der Waals surface area contributed by atoms with Crippen LogP contribution in [0.3, 0.4) is 0 Å². The molecule has 0 spiro atoms. The molecule has 0 bridgehead atoms. The van der Waals surface area contributed by atoms with Crippen molar-refractivity contribution in [3.63, 3.8) is 0 Å². The molecule has 0 fully saturated rings. The fourth-order valence-electron chi connectivity index (χ4n) is 2.44. The van der Waals surface area contributed by atoms with Gasteiger partial charge in [-0.2, -0.15) is 8.42 Å². The first-order valence-electron chi connectivity index (χ1n) is 7.66. The van der Waals surface area contributed by atoms with Crippen LogP contribution in [0.4, 0.5) is 0 Å². The standard InChI is InChI=1S/C16H26O3S2/c1-2-3-4-5-6-7-11-14-16(20,21(17,18)19)15-12-9-8-10-13-15/h8-10,12-13,20H,2-7,11,14H2,1H3,(H,17,18,19). The van der Waals surface area contributed by atoms with E-state index in [4.69, 9.17) is 0 Å². The molecule has 0 aliphatic rings. The van der Waals surface area contributed by atoms with Crippen molar-refractivity contribution in [3.05, 3.63) is 35.9 Å². The molecule has 1 aromatic rings. The lowest BCUT2D eigenvalue weighted by atomic mass is 10.0. The summed E-state index contributed by atoms with van der Waals surface area (Å²) in [5, 5.41) is 0.